The van der Waals surface area contributed by atoms with E-state index in [9.17, 15) is 9.90 Å². The lowest BCUT2D eigenvalue weighted by atomic mass is 9.44. The number of aliphatic hydroxyl groups is 1. The molecular formula is C23H38O2. The van der Waals surface area contributed by atoms with E-state index < -0.39 is 0 Å². The molecule has 0 spiro atoms. The van der Waals surface area contributed by atoms with Crippen molar-refractivity contribution >= 4 is 5.78 Å². The van der Waals surface area contributed by atoms with Crippen LogP contribution in [0.3, 0.4) is 0 Å². The fraction of sp³-hybridized carbons (Fsp3) is 0.957. The van der Waals surface area contributed by atoms with Crippen LogP contribution in [0.15, 0.2) is 0 Å². The van der Waals surface area contributed by atoms with Gasteiger partial charge in [0.1, 0.15) is 5.78 Å². The molecule has 4 aliphatic carbocycles. The van der Waals surface area contributed by atoms with Crippen LogP contribution in [-0.4, -0.2) is 17.5 Å². The van der Waals surface area contributed by atoms with Gasteiger partial charge in [0.05, 0.1) is 0 Å². The lowest BCUT2D eigenvalue weighted by molar-refractivity contribution is -0.156. The summed E-state index contributed by atoms with van der Waals surface area (Å²) in [7, 11) is 0. The molecule has 8 unspecified atom stereocenters. The maximum Gasteiger partial charge on any atom is 0.136 e. The van der Waals surface area contributed by atoms with Crippen LogP contribution in [0.5, 0.6) is 0 Å². The van der Waals surface area contributed by atoms with Crippen molar-refractivity contribution in [3.63, 3.8) is 0 Å². The molecule has 25 heavy (non-hydrogen) atoms. The second-order valence-corrected chi connectivity index (χ2v) is 10.6. The van der Waals surface area contributed by atoms with Crippen LogP contribution in [0.4, 0.5) is 0 Å². The zero-order valence-electron chi connectivity index (χ0n) is 16.6. The average molecular weight is 347 g/mol. The van der Waals surface area contributed by atoms with E-state index in [0.29, 0.717) is 58.7 Å². The van der Waals surface area contributed by atoms with Crippen molar-refractivity contribution in [2.24, 2.45) is 46.3 Å². The Hall–Kier alpha value is -0.370. The zero-order valence-corrected chi connectivity index (χ0v) is 16.6. The van der Waals surface area contributed by atoms with Gasteiger partial charge in [0, 0.05) is 18.9 Å². The van der Waals surface area contributed by atoms with Crippen LogP contribution >= 0.6 is 0 Å². The quantitative estimate of drug-likeness (QED) is 0.759. The molecule has 0 aromatic heterocycles. The molecule has 2 nitrogen and oxygen atoms in total. The summed E-state index contributed by atoms with van der Waals surface area (Å²) in [6, 6.07) is 0. The van der Waals surface area contributed by atoms with Crippen LogP contribution in [-0.2, 0) is 4.79 Å². The number of fused-ring (bicyclic) bond motifs is 5. The number of aliphatic hydroxyl groups excluding tert-OH is 1. The van der Waals surface area contributed by atoms with Gasteiger partial charge in [-0.2, -0.15) is 0 Å². The lowest BCUT2D eigenvalue weighted by Crippen LogP contribution is -2.56. The van der Waals surface area contributed by atoms with E-state index in [1.165, 1.54) is 51.4 Å². The fourth-order valence-corrected chi connectivity index (χ4v) is 8.34. The maximum atomic E-state index is 13.3. The summed E-state index contributed by atoms with van der Waals surface area (Å²) in [6.07, 6.45) is 12.3. The monoisotopic (exact) mass is 346 g/mol. The van der Waals surface area contributed by atoms with Crippen molar-refractivity contribution in [3.05, 3.63) is 0 Å². The van der Waals surface area contributed by atoms with Gasteiger partial charge in [-0.1, -0.05) is 33.6 Å². The normalized spacial score (nSPS) is 50.7. The number of ketones is 1. The first kappa shape index (κ1) is 18.0. The van der Waals surface area contributed by atoms with Gasteiger partial charge < -0.3 is 5.11 Å². The van der Waals surface area contributed by atoms with Crippen LogP contribution < -0.4 is 0 Å². The summed E-state index contributed by atoms with van der Waals surface area (Å²) in [6.45, 7) is 7.69. The van der Waals surface area contributed by atoms with Crippen molar-refractivity contribution in [2.75, 3.05) is 6.61 Å². The third kappa shape index (κ3) is 2.57. The predicted molar refractivity (Wildman–Crippen MR) is 101 cm³/mol. The van der Waals surface area contributed by atoms with Crippen molar-refractivity contribution in [1.82, 2.24) is 0 Å². The Morgan fingerprint density at radius 3 is 2.56 bits per heavy atom. The summed E-state index contributed by atoms with van der Waals surface area (Å²) >= 11 is 0. The molecule has 0 aromatic carbocycles. The Morgan fingerprint density at radius 2 is 1.80 bits per heavy atom. The van der Waals surface area contributed by atoms with Crippen LogP contribution in [0.1, 0.15) is 85.0 Å². The van der Waals surface area contributed by atoms with E-state index in [-0.39, 0.29) is 0 Å². The molecule has 0 bridgehead atoms. The fourth-order valence-electron chi connectivity index (χ4n) is 8.34. The predicted octanol–water partition coefficient (Wildman–Crippen LogP) is 5.23. The van der Waals surface area contributed by atoms with Gasteiger partial charge in [0.25, 0.3) is 0 Å². The first-order valence-corrected chi connectivity index (χ1v) is 11.1. The van der Waals surface area contributed by atoms with Gasteiger partial charge >= 0.3 is 0 Å². The summed E-state index contributed by atoms with van der Waals surface area (Å²) < 4.78 is 0. The summed E-state index contributed by atoms with van der Waals surface area (Å²) in [4.78, 5) is 13.3. The smallest absolute Gasteiger partial charge is 0.136 e. The highest BCUT2D eigenvalue weighted by Gasteiger charge is 2.62. The molecular weight excluding hydrogens is 308 g/mol. The second kappa shape index (κ2) is 6.36. The molecule has 1 N–H and O–H groups in total. The first-order valence-electron chi connectivity index (χ1n) is 11.1. The topological polar surface area (TPSA) is 37.3 Å². The summed E-state index contributed by atoms with van der Waals surface area (Å²) in [5.74, 6) is 4.22. The van der Waals surface area contributed by atoms with Gasteiger partial charge in [-0.25, -0.2) is 0 Å². The summed E-state index contributed by atoms with van der Waals surface area (Å²) in [5.41, 5.74) is 0.774. The Kier molecular flexibility index (Phi) is 4.58. The molecule has 142 valence electrons. The largest absolute Gasteiger partial charge is 0.396 e. The molecule has 0 radical (unpaired) electrons. The highest BCUT2D eigenvalue weighted by Crippen LogP contribution is 2.67. The minimum Gasteiger partial charge on any atom is -0.396 e. The highest BCUT2D eigenvalue weighted by molar-refractivity contribution is 5.83. The molecule has 4 rings (SSSR count). The standard InChI is InChI=1S/C23H38O2/c1-15(10-13-24)17-7-8-18-21-19(9-12-23(17,18)3)22(2)11-5-4-6-16(22)14-20(21)25/h15-19,21,24H,4-14H2,1-3H3. The lowest BCUT2D eigenvalue weighted by Gasteiger charge is -2.60. The molecule has 4 saturated carbocycles. The molecule has 0 aliphatic heterocycles. The Labute approximate surface area is 154 Å². The zero-order chi connectivity index (χ0) is 17.8. The van der Waals surface area contributed by atoms with Gasteiger partial charge in [0.2, 0.25) is 0 Å². The van der Waals surface area contributed by atoms with E-state index in [1.807, 2.05) is 0 Å². The van der Waals surface area contributed by atoms with Gasteiger partial charge in [-0.05, 0) is 85.4 Å². The number of hydrogen-bond acceptors (Lipinski definition) is 2. The Bertz CT molecular complexity index is 528. The molecule has 0 heterocycles. The SMILES string of the molecule is CC(CCO)C1CCC2C3C(=O)CC4CCCCC4(C)C3CCC12C. The first-order chi connectivity index (χ1) is 11.9. The minimum absolute atomic E-state index is 0.309. The number of Topliss-reactive ketones (excluding diaryl/α,β-unsaturated/α-hetero) is 1. The second-order valence-electron chi connectivity index (χ2n) is 10.6. The number of hydrogen-bond donors (Lipinski definition) is 1. The van der Waals surface area contributed by atoms with Gasteiger partial charge in [-0.15, -0.1) is 0 Å². The Balaban J connectivity index is 1.63. The molecule has 4 fully saturated rings. The minimum atomic E-state index is 0.309. The summed E-state index contributed by atoms with van der Waals surface area (Å²) in [5, 5.41) is 9.42. The molecule has 0 aromatic rings. The average Bonchev–Trinajstić information content (AvgIpc) is 2.93. The van der Waals surface area contributed by atoms with Crippen molar-refractivity contribution in [2.45, 2.75) is 85.0 Å². The molecule has 2 heteroatoms. The van der Waals surface area contributed by atoms with Crippen molar-refractivity contribution in [1.29, 1.82) is 0 Å². The van der Waals surface area contributed by atoms with E-state index in [1.54, 1.807) is 0 Å². The highest BCUT2D eigenvalue weighted by atomic mass is 16.3. The van der Waals surface area contributed by atoms with E-state index in [2.05, 4.69) is 20.8 Å². The number of carbonyl (C=O) groups excluding carboxylic acids is 1. The van der Waals surface area contributed by atoms with Crippen molar-refractivity contribution in [3.8, 4) is 0 Å². The van der Waals surface area contributed by atoms with E-state index in [0.717, 1.165) is 12.8 Å². The van der Waals surface area contributed by atoms with E-state index >= 15 is 0 Å². The van der Waals surface area contributed by atoms with Crippen LogP contribution in [0.2, 0.25) is 0 Å². The third-order valence-corrected chi connectivity index (χ3v) is 9.73. The van der Waals surface area contributed by atoms with Gasteiger partial charge in [0.15, 0.2) is 0 Å². The number of carbonyl (C=O) groups is 1. The van der Waals surface area contributed by atoms with Gasteiger partial charge in [-0.3, -0.25) is 4.79 Å². The van der Waals surface area contributed by atoms with Crippen LogP contribution in [0, 0.1) is 46.3 Å². The number of rotatable bonds is 3. The maximum absolute atomic E-state index is 13.3. The Morgan fingerprint density at radius 1 is 1.04 bits per heavy atom. The molecule has 8 atom stereocenters. The molecule has 0 amide bonds. The third-order valence-electron chi connectivity index (χ3n) is 9.73. The molecule has 0 saturated heterocycles. The molecule has 4 aliphatic rings. The van der Waals surface area contributed by atoms with E-state index in [4.69, 9.17) is 0 Å². The van der Waals surface area contributed by atoms with Crippen molar-refractivity contribution < 1.29 is 9.90 Å². The van der Waals surface area contributed by atoms with Crippen LogP contribution in [0.25, 0.3) is 0 Å².